The second kappa shape index (κ2) is 19.3. The summed E-state index contributed by atoms with van der Waals surface area (Å²) in [7, 11) is 0. The highest BCUT2D eigenvalue weighted by atomic mass is 15.2. The topological polar surface area (TPSA) is 72.8 Å². The van der Waals surface area contributed by atoms with E-state index in [0.717, 1.165) is 17.6 Å². The van der Waals surface area contributed by atoms with E-state index in [4.69, 9.17) is 9.98 Å². The predicted octanol–water partition coefficient (Wildman–Crippen LogP) is 9.23. The van der Waals surface area contributed by atoms with Crippen LogP contribution in [0, 0.1) is 0 Å². The molecule has 5 aliphatic carbocycles. The van der Waals surface area contributed by atoms with E-state index in [1.807, 2.05) is 0 Å². The SMILES string of the molecule is C1CCC(N=C(NC2CCCCC2)NC2CCCCC2)CC1.c1ccc(NC(=NC2CCCCC2)NC2CCCCC2)cc1. The first-order chi connectivity index (χ1) is 21.8. The Morgan fingerprint density at radius 3 is 1.16 bits per heavy atom. The van der Waals surface area contributed by atoms with Gasteiger partial charge in [0, 0.05) is 23.8 Å². The fourth-order valence-electron chi connectivity index (χ4n) is 7.99. The van der Waals surface area contributed by atoms with Crippen molar-refractivity contribution in [3.8, 4) is 0 Å². The van der Waals surface area contributed by atoms with Gasteiger partial charge in [-0.3, -0.25) is 0 Å². The minimum Gasteiger partial charge on any atom is -0.354 e. The van der Waals surface area contributed by atoms with E-state index in [1.54, 1.807) is 0 Å². The summed E-state index contributed by atoms with van der Waals surface area (Å²) in [6.45, 7) is 0. The van der Waals surface area contributed by atoms with Crippen molar-refractivity contribution in [2.75, 3.05) is 5.32 Å². The van der Waals surface area contributed by atoms with Gasteiger partial charge in [0.05, 0.1) is 12.1 Å². The number of nitrogens with zero attached hydrogens (tertiary/aromatic N) is 2. The van der Waals surface area contributed by atoms with E-state index >= 15 is 0 Å². The van der Waals surface area contributed by atoms with Crippen molar-refractivity contribution >= 4 is 17.6 Å². The predicted molar refractivity (Wildman–Crippen MR) is 189 cm³/mol. The molecule has 246 valence electrons. The van der Waals surface area contributed by atoms with Gasteiger partial charge in [-0.1, -0.05) is 115 Å². The zero-order valence-electron chi connectivity index (χ0n) is 27.8. The van der Waals surface area contributed by atoms with Gasteiger partial charge in [0.1, 0.15) is 0 Å². The summed E-state index contributed by atoms with van der Waals surface area (Å²) in [5, 5.41) is 14.8. The second-order valence-electron chi connectivity index (χ2n) is 14.5. The lowest BCUT2D eigenvalue weighted by Crippen LogP contribution is -2.49. The van der Waals surface area contributed by atoms with Crippen LogP contribution in [-0.2, 0) is 0 Å². The molecule has 0 unspecified atom stereocenters. The smallest absolute Gasteiger partial charge is 0.196 e. The Balaban J connectivity index is 0.000000175. The van der Waals surface area contributed by atoms with Crippen molar-refractivity contribution in [2.45, 2.75) is 191 Å². The van der Waals surface area contributed by atoms with Crippen LogP contribution in [0.1, 0.15) is 161 Å². The highest BCUT2D eigenvalue weighted by molar-refractivity contribution is 5.94. The second-order valence-corrected chi connectivity index (χ2v) is 14.5. The van der Waals surface area contributed by atoms with Gasteiger partial charge in [0.15, 0.2) is 11.9 Å². The average Bonchev–Trinajstić information content (AvgIpc) is 3.08. The molecule has 0 aromatic heterocycles. The van der Waals surface area contributed by atoms with Crippen LogP contribution < -0.4 is 21.3 Å². The Labute approximate surface area is 269 Å². The first kappa shape index (κ1) is 33.1. The van der Waals surface area contributed by atoms with Gasteiger partial charge < -0.3 is 21.3 Å². The molecular formula is C38H64N6. The Morgan fingerprint density at radius 2 is 0.750 bits per heavy atom. The molecule has 0 aliphatic heterocycles. The molecule has 5 saturated carbocycles. The lowest BCUT2D eigenvalue weighted by molar-refractivity contribution is 0.383. The van der Waals surface area contributed by atoms with E-state index in [0.29, 0.717) is 30.2 Å². The van der Waals surface area contributed by atoms with Crippen LogP contribution >= 0.6 is 0 Å². The molecule has 0 amide bonds. The standard InChI is InChI=1S/C19H35N3.C19H29N3/c2*1-4-10-16(11-5-1)20-19(21-17-12-6-2-7-13-17)22-18-14-8-3-9-15-18/h16-18H,1-15H2,(H2,20,21,22);1,4-5,10-11,17-18H,2-3,6-9,12-15H2,(H2,20,21,22). The number of guanidine groups is 2. The molecule has 0 atom stereocenters. The maximum Gasteiger partial charge on any atom is 0.196 e. The molecule has 6 rings (SSSR count). The molecule has 4 N–H and O–H groups in total. The largest absolute Gasteiger partial charge is 0.354 e. The van der Waals surface area contributed by atoms with Gasteiger partial charge in [-0.2, -0.15) is 0 Å². The Kier molecular flexibility index (Phi) is 14.5. The van der Waals surface area contributed by atoms with E-state index in [-0.39, 0.29) is 0 Å². The van der Waals surface area contributed by atoms with Crippen molar-refractivity contribution in [2.24, 2.45) is 9.98 Å². The van der Waals surface area contributed by atoms with Gasteiger partial charge in [-0.15, -0.1) is 0 Å². The number of aliphatic imine (C=N–C) groups is 2. The number of nitrogens with one attached hydrogen (secondary N) is 4. The Hall–Kier alpha value is -2.24. The third-order valence-electron chi connectivity index (χ3n) is 10.6. The highest BCUT2D eigenvalue weighted by Gasteiger charge is 2.21. The van der Waals surface area contributed by atoms with Crippen molar-refractivity contribution in [3.63, 3.8) is 0 Å². The summed E-state index contributed by atoms with van der Waals surface area (Å²) in [6, 6.07) is 13.4. The third-order valence-corrected chi connectivity index (χ3v) is 10.6. The van der Waals surface area contributed by atoms with Gasteiger partial charge >= 0.3 is 0 Å². The van der Waals surface area contributed by atoms with Crippen LogP contribution in [0.15, 0.2) is 40.3 Å². The molecule has 0 bridgehead atoms. The number of benzene rings is 1. The third kappa shape index (κ3) is 12.3. The number of hydrogen-bond donors (Lipinski definition) is 4. The van der Waals surface area contributed by atoms with Gasteiger partial charge in [-0.25, -0.2) is 9.98 Å². The monoisotopic (exact) mass is 605 g/mol. The van der Waals surface area contributed by atoms with E-state index in [2.05, 4.69) is 51.6 Å². The Bertz CT molecular complexity index is 925. The molecule has 6 nitrogen and oxygen atoms in total. The minimum atomic E-state index is 0.496. The normalized spacial score (nSPS) is 23.6. The molecule has 1 aromatic rings. The average molecular weight is 605 g/mol. The molecule has 6 heteroatoms. The first-order valence-corrected chi connectivity index (χ1v) is 19.1. The highest BCUT2D eigenvalue weighted by Crippen LogP contribution is 2.24. The Morgan fingerprint density at radius 1 is 0.409 bits per heavy atom. The maximum atomic E-state index is 5.12. The number of hydrogen-bond acceptors (Lipinski definition) is 2. The zero-order chi connectivity index (χ0) is 30.1. The summed E-state index contributed by atoms with van der Waals surface area (Å²) >= 11 is 0. The van der Waals surface area contributed by atoms with Crippen molar-refractivity contribution < 1.29 is 0 Å². The summed E-state index contributed by atoms with van der Waals surface area (Å²) in [5.41, 5.74) is 1.13. The van der Waals surface area contributed by atoms with Crippen molar-refractivity contribution in [3.05, 3.63) is 30.3 Å². The van der Waals surface area contributed by atoms with Crippen LogP contribution in [0.4, 0.5) is 5.69 Å². The fraction of sp³-hybridized carbons (Fsp3) is 0.789. The molecule has 0 radical (unpaired) electrons. The van der Waals surface area contributed by atoms with Gasteiger partial charge in [0.25, 0.3) is 0 Å². The summed E-state index contributed by atoms with van der Waals surface area (Å²) in [5.74, 6) is 2.13. The molecule has 0 spiro atoms. The zero-order valence-corrected chi connectivity index (χ0v) is 27.8. The van der Waals surface area contributed by atoms with Gasteiger partial charge in [0.2, 0.25) is 0 Å². The number of rotatable bonds is 6. The van der Waals surface area contributed by atoms with Crippen LogP contribution in [-0.4, -0.2) is 42.1 Å². The van der Waals surface area contributed by atoms with Crippen LogP contribution in [0.2, 0.25) is 0 Å². The van der Waals surface area contributed by atoms with Gasteiger partial charge in [-0.05, 0) is 76.3 Å². The molecular weight excluding hydrogens is 540 g/mol. The summed E-state index contributed by atoms with van der Waals surface area (Å²) in [6.07, 6.45) is 33.6. The molecule has 0 saturated heterocycles. The molecule has 0 heterocycles. The quantitative estimate of drug-likeness (QED) is 0.193. The minimum absolute atomic E-state index is 0.496. The number of anilines is 1. The lowest BCUT2D eigenvalue weighted by atomic mass is 9.94. The molecule has 44 heavy (non-hydrogen) atoms. The van der Waals surface area contributed by atoms with Crippen molar-refractivity contribution in [1.82, 2.24) is 16.0 Å². The number of para-hydroxylation sites is 1. The van der Waals surface area contributed by atoms with Crippen LogP contribution in [0.5, 0.6) is 0 Å². The van der Waals surface area contributed by atoms with Crippen LogP contribution in [0.3, 0.4) is 0 Å². The van der Waals surface area contributed by atoms with E-state index < -0.39 is 0 Å². The van der Waals surface area contributed by atoms with Crippen molar-refractivity contribution in [1.29, 1.82) is 0 Å². The molecule has 5 aliphatic rings. The fourth-order valence-corrected chi connectivity index (χ4v) is 7.99. The lowest BCUT2D eigenvalue weighted by Gasteiger charge is -2.30. The summed E-state index contributed by atoms with van der Waals surface area (Å²) < 4.78 is 0. The maximum absolute atomic E-state index is 5.12. The van der Waals surface area contributed by atoms with Crippen LogP contribution in [0.25, 0.3) is 0 Å². The van der Waals surface area contributed by atoms with E-state index in [1.165, 1.54) is 161 Å². The van der Waals surface area contributed by atoms with E-state index in [9.17, 15) is 0 Å². The first-order valence-electron chi connectivity index (χ1n) is 19.1. The summed E-state index contributed by atoms with van der Waals surface area (Å²) in [4.78, 5) is 10.1. The molecule has 5 fully saturated rings. The molecule has 1 aromatic carbocycles.